The number of rotatable bonds is 4. The molecule has 0 spiro atoms. The van der Waals surface area contributed by atoms with Gasteiger partial charge in [-0.05, 0) is 25.0 Å². The first-order valence-corrected chi connectivity index (χ1v) is 11.3. The fourth-order valence-corrected chi connectivity index (χ4v) is 5.95. The Morgan fingerprint density at radius 1 is 1.37 bits per heavy atom. The Bertz CT molecular complexity index is 1030. The summed E-state index contributed by atoms with van der Waals surface area (Å²) in [7, 11) is -3.23. The number of sulfone groups is 1. The smallest absolute Gasteiger partial charge is 0.341 e. The lowest BCUT2D eigenvalue weighted by Gasteiger charge is -2.13. The first-order chi connectivity index (χ1) is 12.7. The molecule has 3 rings (SSSR count). The van der Waals surface area contributed by atoms with Gasteiger partial charge in [-0.3, -0.25) is 4.79 Å². The molecule has 144 valence electrons. The Morgan fingerprint density at radius 2 is 2.11 bits per heavy atom. The van der Waals surface area contributed by atoms with E-state index in [2.05, 4.69) is 10.3 Å². The molecule has 0 aromatic carbocycles. The molecule has 0 saturated carbocycles. The van der Waals surface area contributed by atoms with Gasteiger partial charge in [0.2, 0.25) is 0 Å². The van der Waals surface area contributed by atoms with Crippen LogP contribution in [0.5, 0.6) is 0 Å². The maximum atomic E-state index is 12.5. The third-order valence-corrected chi connectivity index (χ3v) is 7.44. The second-order valence-corrected chi connectivity index (χ2v) is 9.78. The van der Waals surface area contributed by atoms with Gasteiger partial charge in [-0.2, -0.15) is 0 Å². The van der Waals surface area contributed by atoms with Gasteiger partial charge in [-0.1, -0.05) is 23.2 Å². The minimum Gasteiger partial charge on any atom is -0.462 e. The summed E-state index contributed by atoms with van der Waals surface area (Å²) in [5.41, 5.74) is 0.960. The maximum Gasteiger partial charge on any atom is 0.341 e. The van der Waals surface area contributed by atoms with Crippen molar-refractivity contribution >= 4 is 61.3 Å². The highest BCUT2D eigenvalue weighted by molar-refractivity contribution is 7.90. The van der Waals surface area contributed by atoms with E-state index in [1.165, 1.54) is 12.3 Å². The zero-order chi connectivity index (χ0) is 19.8. The van der Waals surface area contributed by atoms with Gasteiger partial charge in [0.1, 0.15) is 10.2 Å². The molecular weight excluding hydrogens is 435 g/mol. The van der Waals surface area contributed by atoms with Crippen LogP contribution in [-0.4, -0.2) is 37.6 Å². The van der Waals surface area contributed by atoms with Crippen molar-refractivity contribution in [2.45, 2.75) is 19.1 Å². The van der Waals surface area contributed by atoms with Crippen LogP contribution >= 0.6 is 34.5 Å². The molecule has 11 heteroatoms. The average molecular weight is 449 g/mol. The van der Waals surface area contributed by atoms with E-state index in [1.807, 2.05) is 0 Å². The number of hydrogen-bond acceptors (Lipinski definition) is 7. The molecule has 0 unspecified atom stereocenters. The van der Waals surface area contributed by atoms with E-state index in [-0.39, 0.29) is 50.8 Å². The summed E-state index contributed by atoms with van der Waals surface area (Å²) < 4.78 is 28.9. The zero-order valence-electron chi connectivity index (χ0n) is 14.0. The Labute approximate surface area is 169 Å². The van der Waals surface area contributed by atoms with Crippen molar-refractivity contribution in [3.8, 4) is 0 Å². The summed E-state index contributed by atoms with van der Waals surface area (Å²) in [4.78, 5) is 29.3. The second-order valence-electron chi connectivity index (χ2n) is 5.72. The molecule has 1 N–H and O–H groups in total. The molecule has 0 fully saturated rings. The fraction of sp³-hybridized carbons (Fsp3) is 0.312. The molecule has 2 aromatic heterocycles. The molecule has 27 heavy (non-hydrogen) atoms. The van der Waals surface area contributed by atoms with Crippen molar-refractivity contribution in [2.24, 2.45) is 0 Å². The molecule has 1 amide bonds. The molecule has 0 radical (unpaired) electrons. The van der Waals surface area contributed by atoms with E-state index in [0.717, 1.165) is 11.3 Å². The minimum atomic E-state index is -3.23. The van der Waals surface area contributed by atoms with Gasteiger partial charge in [-0.25, -0.2) is 18.2 Å². The van der Waals surface area contributed by atoms with E-state index in [0.29, 0.717) is 10.4 Å². The van der Waals surface area contributed by atoms with Gasteiger partial charge in [-0.15, -0.1) is 11.3 Å². The molecule has 2 aromatic rings. The van der Waals surface area contributed by atoms with E-state index in [9.17, 15) is 18.0 Å². The molecule has 1 aliphatic heterocycles. The summed E-state index contributed by atoms with van der Waals surface area (Å²) in [6.07, 6.45) is 1.46. The van der Waals surface area contributed by atoms with Crippen LogP contribution in [0.25, 0.3) is 0 Å². The highest BCUT2D eigenvalue weighted by Gasteiger charge is 2.32. The summed E-state index contributed by atoms with van der Waals surface area (Å²) in [6.45, 7) is 1.83. The zero-order valence-corrected chi connectivity index (χ0v) is 17.2. The van der Waals surface area contributed by atoms with E-state index in [4.69, 9.17) is 27.9 Å². The number of carbonyl (C=O) groups is 2. The number of hydrogen-bond donors (Lipinski definition) is 1. The van der Waals surface area contributed by atoms with Crippen molar-refractivity contribution in [1.82, 2.24) is 4.98 Å². The lowest BCUT2D eigenvalue weighted by Crippen LogP contribution is -2.20. The highest BCUT2D eigenvalue weighted by Crippen LogP contribution is 2.38. The minimum absolute atomic E-state index is 0.0484. The van der Waals surface area contributed by atoms with Crippen LogP contribution in [-0.2, 0) is 26.7 Å². The normalized spacial score (nSPS) is 15.1. The predicted molar refractivity (Wildman–Crippen MR) is 104 cm³/mol. The Hall–Kier alpha value is -1.68. The quantitative estimate of drug-likeness (QED) is 0.568. The lowest BCUT2D eigenvalue weighted by atomic mass is 10.1. The van der Waals surface area contributed by atoms with Crippen molar-refractivity contribution in [3.05, 3.63) is 44.0 Å². The second kappa shape index (κ2) is 7.75. The maximum absolute atomic E-state index is 12.5. The number of nitrogens with one attached hydrogen (secondary N) is 1. The van der Waals surface area contributed by atoms with Gasteiger partial charge in [0.15, 0.2) is 9.84 Å². The van der Waals surface area contributed by atoms with Crippen LogP contribution in [0.15, 0.2) is 12.3 Å². The Balaban J connectivity index is 1.98. The van der Waals surface area contributed by atoms with Gasteiger partial charge in [0.05, 0.1) is 34.3 Å². The van der Waals surface area contributed by atoms with E-state index in [1.54, 1.807) is 6.92 Å². The van der Waals surface area contributed by atoms with Crippen LogP contribution in [0, 0.1) is 0 Å². The van der Waals surface area contributed by atoms with Crippen molar-refractivity contribution in [2.75, 3.05) is 17.7 Å². The van der Waals surface area contributed by atoms with Crippen LogP contribution in [0.2, 0.25) is 10.2 Å². The number of fused-ring (bicyclic) bond motifs is 1. The summed E-state index contributed by atoms with van der Waals surface area (Å²) in [5, 5.41) is 3.07. The standard InChI is InChI=1S/C16H14Cl2N2O5S2/c1-2-25-16(22)12-9-3-4-27(23,24)7-11(9)26-15(12)20-14(21)8-5-10(17)13(18)19-6-8/h5-6H,2-4,7H2,1H3,(H,20,21). The molecule has 0 bridgehead atoms. The molecule has 0 saturated heterocycles. The number of pyridine rings is 1. The number of thiophene rings is 1. The fourth-order valence-electron chi connectivity index (χ4n) is 2.65. The SMILES string of the molecule is CCOC(=O)c1c(NC(=O)c2cnc(Cl)c(Cl)c2)sc2c1CCS(=O)(=O)C2. The summed E-state index contributed by atoms with van der Waals surface area (Å²) in [5.74, 6) is -1.36. The van der Waals surface area contributed by atoms with Gasteiger partial charge in [0.25, 0.3) is 5.91 Å². The molecular formula is C16H14Cl2N2O5S2. The molecule has 7 nitrogen and oxygen atoms in total. The number of nitrogens with zero attached hydrogens (tertiary/aromatic N) is 1. The van der Waals surface area contributed by atoms with Crippen LogP contribution in [0.4, 0.5) is 5.00 Å². The number of anilines is 1. The van der Waals surface area contributed by atoms with Gasteiger partial charge < -0.3 is 10.1 Å². The number of esters is 1. The lowest BCUT2D eigenvalue weighted by molar-refractivity contribution is 0.0527. The highest BCUT2D eigenvalue weighted by atomic mass is 35.5. The number of carbonyl (C=O) groups excluding carboxylic acids is 2. The molecule has 1 aliphatic rings. The topological polar surface area (TPSA) is 102 Å². The largest absolute Gasteiger partial charge is 0.462 e. The third-order valence-electron chi connectivity index (χ3n) is 3.87. The number of aromatic nitrogens is 1. The van der Waals surface area contributed by atoms with Gasteiger partial charge in [0, 0.05) is 11.1 Å². The van der Waals surface area contributed by atoms with E-state index < -0.39 is 21.7 Å². The van der Waals surface area contributed by atoms with Crippen molar-refractivity contribution in [1.29, 1.82) is 0 Å². The Morgan fingerprint density at radius 3 is 2.78 bits per heavy atom. The third kappa shape index (κ3) is 4.26. The molecule has 3 heterocycles. The van der Waals surface area contributed by atoms with Crippen LogP contribution < -0.4 is 5.32 Å². The Kier molecular flexibility index (Phi) is 5.76. The summed E-state index contributed by atoms with van der Waals surface area (Å²) >= 11 is 12.7. The first-order valence-electron chi connectivity index (χ1n) is 7.86. The van der Waals surface area contributed by atoms with Crippen LogP contribution in [0.1, 0.15) is 38.1 Å². The summed E-state index contributed by atoms with van der Waals surface area (Å²) in [6, 6.07) is 1.36. The first kappa shape index (κ1) is 20.1. The molecule has 0 aliphatic carbocycles. The van der Waals surface area contributed by atoms with E-state index >= 15 is 0 Å². The number of amides is 1. The van der Waals surface area contributed by atoms with Crippen molar-refractivity contribution < 1.29 is 22.7 Å². The van der Waals surface area contributed by atoms with Crippen molar-refractivity contribution in [3.63, 3.8) is 0 Å². The number of halogens is 2. The average Bonchev–Trinajstić information content (AvgIpc) is 2.93. The monoisotopic (exact) mass is 448 g/mol. The molecule has 0 atom stereocenters. The van der Waals surface area contributed by atoms with Gasteiger partial charge >= 0.3 is 5.97 Å². The predicted octanol–water partition coefficient (Wildman–Crippen LogP) is 3.35. The van der Waals surface area contributed by atoms with Crippen LogP contribution in [0.3, 0.4) is 0 Å². The number of ether oxygens (including phenoxy) is 1.